The molecule has 0 radical (unpaired) electrons. The highest BCUT2D eigenvalue weighted by molar-refractivity contribution is 5.99. The van der Waals surface area contributed by atoms with Crippen LogP contribution in [0.2, 0.25) is 0 Å². The minimum absolute atomic E-state index is 0.0468. The molecule has 0 bridgehead atoms. The number of anilines is 1. The maximum atomic E-state index is 12.4. The number of carboxylic acids is 1. The Morgan fingerprint density at radius 3 is 2.68 bits per heavy atom. The lowest BCUT2D eigenvalue weighted by atomic mass is 10.00. The minimum Gasteiger partial charge on any atom is -0.480 e. The van der Waals surface area contributed by atoms with Gasteiger partial charge in [-0.25, -0.2) is 4.79 Å². The van der Waals surface area contributed by atoms with Crippen molar-refractivity contribution in [2.24, 2.45) is 0 Å². The third-order valence-electron chi connectivity index (χ3n) is 3.81. The molecule has 3 N–H and O–H groups in total. The standard InChI is InChI=1S/C18H24N2O5/c1-18(2,3)25-9-8-14(17(23)24)20-16(22)12-4-6-13-11(10-12)5-7-15(21)19-13/h4,6,10,14H,5,7-9H2,1-3H3,(H,19,21)(H,20,22)(H,23,24). The first-order chi connectivity index (χ1) is 11.7. The number of carboxylic acid groups (broad SMARTS) is 1. The number of aryl methyl sites for hydroxylation is 1. The lowest BCUT2D eigenvalue weighted by Crippen LogP contribution is -2.42. The first kappa shape index (κ1) is 18.9. The second-order valence-corrected chi connectivity index (χ2v) is 7.03. The van der Waals surface area contributed by atoms with Crippen LogP contribution >= 0.6 is 0 Å². The Morgan fingerprint density at radius 1 is 1.32 bits per heavy atom. The summed E-state index contributed by atoms with van der Waals surface area (Å²) in [5.74, 6) is -1.60. The average molecular weight is 348 g/mol. The summed E-state index contributed by atoms with van der Waals surface area (Å²) in [5, 5.41) is 14.6. The largest absolute Gasteiger partial charge is 0.480 e. The molecular weight excluding hydrogens is 324 g/mol. The van der Waals surface area contributed by atoms with Crippen molar-refractivity contribution in [1.82, 2.24) is 5.32 Å². The highest BCUT2D eigenvalue weighted by atomic mass is 16.5. The van der Waals surface area contributed by atoms with Gasteiger partial charge < -0.3 is 20.5 Å². The number of aliphatic carboxylic acids is 1. The number of carbonyl (C=O) groups excluding carboxylic acids is 2. The Hall–Kier alpha value is -2.41. The van der Waals surface area contributed by atoms with Gasteiger partial charge in [0.15, 0.2) is 0 Å². The summed E-state index contributed by atoms with van der Waals surface area (Å²) >= 11 is 0. The normalized spacial score (nSPS) is 15.1. The lowest BCUT2D eigenvalue weighted by Gasteiger charge is -2.22. The van der Waals surface area contributed by atoms with Crippen LogP contribution in [0.25, 0.3) is 0 Å². The van der Waals surface area contributed by atoms with E-state index in [1.807, 2.05) is 20.8 Å². The van der Waals surface area contributed by atoms with E-state index in [4.69, 9.17) is 4.74 Å². The summed E-state index contributed by atoms with van der Waals surface area (Å²) in [6, 6.07) is 3.91. The molecule has 1 aromatic carbocycles. The minimum atomic E-state index is -1.10. The molecule has 0 fully saturated rings. The van der Waals surface area contributed by atoms with E-state index in [2.05, 4.69) is 10.6 Å². The van der Waals surface area contributed by atoms with Crippen LogP contribution in [0.4, 0.5) is 5.69 Å². The molecule has 2 amide bonds. The van der Waals surface area contributed by atoms with Gasteiger partial charge in [-0.2, -0.15) is 0 Å². The van der Waals surface area contributed by atoms with Crippen LogP contribution in [0.5, 0.6) is 0 Å². The van der Waals surface area contributed by atoms with Gasteiger partial charge in [-0.15, -0.1) is 0 Å². The number of ether oxygens (including phenoxy) is 1. The van der Waals surface area contributed by atoms with Gasteiger partial charge in [0.2, 0.25) is 5.91 Å². The molecule has 7 nitrogen and oxygen atoms in total. The molecule has 1 aromatic rings. The zero-order chi connectivity index (χ0) is 18.6. The van der Waals surface area contributed by atoms with E-state index in [1.54, 1.807) is 18.2 Å². The van der Waals surface area contributed by atoms with Crippen molar-refractivity contribution >= 4 is 23.5 Å². The van der Waals surface area contributed by atoms with Crippen LogP contribution in [0.3, 0.4) is 0 Å². The molecule has 0 aromatic heterocycles. The summed E-state index contributed by atoms with van der Waals surface area (Å²) in [6.45, 7) is 5.88. The molecule has 2 rings (SSSR count). The predicted molar refractivity (Wildman–Crippen MR) is 92.6 cm³/mol. The van der Waals surface area contributed by atoms with Gasteiger partial charge in [0.05, 0.1) is 5.60 Å². The van der Waals surface area contributed by atoms with E-state index < -0.39 is 17.9 Å². The van der Waals surface area contributed by atoms with Crippen LogP contribution in [0.15, 0.2) is 18.2 Å². The molecule has 1 aliphatic rings. The lowest BCUT2D eigenvalue weighted by molar-refractivity contribution is -0.140. The van der Waals surface area contributed by atoms with Crippen LogP contribution in [-0.4, -0.2) is 41.1 Å². The summed E-state index contributed by atoms with van der Waals surface area (Å²) < 4.78 is 5.53. The summed E-state index contributed by atoms with van der Waals surface area (Å²) in [7, 11) is 0. The fourth-order valence-corrected chi connectivity index (χ4v) is 2.51. The topological polar surface area (TPSA) is 105 Å². The highest BCUT2D eigenvalue weighted by Gasteiger charge is 2.23. The van der Waals surface area contributed by atoms with E-state index in [0.29, 0.717) is 24.1 Å². The molecule has 136 valence electrons. The smallest absolute Gasteiger partial charge is 0.326 e. The fraction of sp³-hybridized carbons (Fsp3) is 0.500. The molecule has 1 aliphatic heterocycles. The van der Waals surface area contributed by atoms with Crippen LogP contribution in [-0.2, 0) is 20.7 Å². The number of nitrogens with one attached hydrogen (secondary N) is 2. The van der Waals surface area contributed by atoms with Gasteiger partial charge >= 0.3 is 5.97 Å². The van der Waals surface area contributed by atoms with Gasteiger partial charge in [0, 0.05) is 30.7 Å². The number of hydrogen-bond acceptors (Lipinski definition) is 4. The number of rotatable bonds is 6. The predicted octanol–water partition coefficient (Wildman–Crippen LogP) is 1.96. The highest BCUT2D eigenvalue weighted by Crippen LogP contribution is 2.23. The van der Waals surface area contributed by atoms with Crippen molar-refractivity contribution in [3.8, 4) is 0 Å². The SMILES string of the molecule is CC(C)(C)OCCC(NC(=O)c1ccc2c(c1)CCC(=O)N2)C(=O)O. The Balaban J connectivity index is 2.01. The first-order valence-electron chi connectivity index (χ1n) is 8.26. The molecule has 0 saturated carbocycles. The molecule has 1 unspecified atom stereocenters. The summed E-state index contributed by atoms with van der Waals surface area (Å²) in [5.41, 5.74) is 1.57. The Bertz CT molecular complexity index is 679. The summed E-state index contributed by atoms with van der Waals surface area (Å²) in [6.07, 6.45) is 1.11. The maximum Gasteiger partial charge on any atom is 0.326 e. The van der Waals surface area contributed by atoms with E-state index in [1.165, 1.54) is 0 Å². The second kappa shape index (κ2) is 7.65. The number of carbonyl (C=O) groups is 3. The number of benzene rings is 1. The van der Waals surface area contributed by atoms with E-state index in [0.717, 1.165) is 5.56 Å². The molecule has 1 heterocycles. The summed E-state index contributed by atoms with van der Waals surface area (Å²) in [4.78, 5) is 35.1. The van der Waals surface area contributed by atoms with Crippen molar-refractivity contribution in [3.63, 3.8) is 0 Å². The molecule has 0 saturated heterocycles. The van der Waals surface area contributed by atoms with Crippen molar-refractivity contribution in [2.45, 2.75) is 51.7 Å². The van der Waals surface area contributed by atoms with Gasteiger partial charge in [-0.3, -0.25) is 9.59 Å². The Morgan fingerprint density at radius 2 is 2.04 bits per heavy atom. The zero-order valence-electron chi connectivity index (χ0n) is 14.7. The molecule has 1 atom stereocenters. The van der Waals surface area contributed by atoms with Crippen LogP contribution < -0.4 is 10.6 Å². The van der Waals surface area contributed by atoms with Crippen LogP contribution in [0, 0.1) is 0 Å². The van der Waals surface area contributed by atoms with Gasteiger partial charge in [0.1, 0.15) is 6.04 Å². The van der Waals surface area contributed by atoms with Gasteiger partial charge in [0.25, 0.3) is 5.91 Å². The number of fused-ring (bicyclic) bond motifs is 1. The van der Waals surface area contributed by atoms with E-state index >= 15 is 0 Å². The maximum absolute atomic E-state index is 12.4. The van der Waals surface area contributed by atoms with Gasteiger partial charge in [-0.1, -0.05) is 0 Å². The average Bonchev–Trinajstić information content (AvgIpc) is 2.51. The molecule has 0 aliphatic carbocycles. The monoisotopic (exact) mass is 348 g/mol. The number of hydrogen-bond donors (Lipinski definition) is 3. The van der Waals surface area contributed by atoms with E-state index in [-0.39, 0.29) is 24.5 Å². The first-order valence-corrected chi connectivity index (χ1v) is 8.26. The zero-order valence-corrected chi connectivity index (χ0v) is 14.7. The number of amides is 2. The molecule has 25 heavy (non-hydrogen) atoms. The Labute approximate surface area is 146 Å². The quantitative estimate of drug-likeness (QED) is 0.729. The second-order valence-electron chi connectivity index (χ2n) is 7.03. The third-order valence-corrected chi connectivity index (χ3v) is 3.81. The molecule has 7 heteroatoms. The van der Waals surface area contributed by atoms with Crippen LogP contribution in [0.1, 0.15) is 49.5 Å². The fourth-order valence-electron chi connectivity index (χ4n) is 2.51. The van der Waals surface area contributed by atoms with E-state index in [9.17, 15) is 19.5 Å². The van der Waals surface area contributed by atoms with Crippen molar-refractivity contribution in [2.75, 3.05) is 11.9 Å². The molecule has 0 spiro atoms. The third kappa shape index (κ3) is 5.56. The Kier molecular flexibility index (Phi) is 5.79. The molecular formula is C18H24N2O5. The van der Waals surface area contributed by atoms with Crippen molar-refractivity contribution in [3.05, 3.63) is 29.3 Å². The van der Waals surface area contributed by atoms with Crippen molar-refractivity contribution < 1.29 is 24.2 Å². The van der Waals surface area contributed by atoms with Crippen molar-refractivity contribution in [1.29, 1.82) is 0 Å². The van der Waals surface area contributed by atoms with Gasteiger partial charge in [-0.05, 0) is 51.0 Å².